The maximum absolute atomic E-state index is 13.9. The van der Waals surface area contributed by atoms with Gasteiger partial charge in [-0.1, -0.05) is 15.9 Å². The Morgan fingerprint density at radius 2 is 2.14 bits per heavy atom. The van der Waals surface area contributed by atoms with E-state index in [1.165, 1.54) is 24.6 Å². The molecule has 1 aromatic carbocycles. The molecule has 1 saturated carbocycles. The van der Waals surface area contributed by atoms with Gasteiger partial charge in [-0.05, 0) is 56.8 Å². The van der Waals surface area contributed by atoms with Crippen molar-refractivity contribution in [2.75, 3.05) is 6.54 Å². The van der Waals surface area contributed by atoms with Gasteiger partial charge in [0.25, 0.3) is 0 Å². The minimum Gasteiger partial charge on any atom is -0.311 e. The Labute approximate surface area is 132 Å². The highest BCUT2D eigenvalue weighted by molar-refractivity contribution is 9.10. The zero-order valence-corrected chi connectivity index (χ0v) is 13.9. The first-order valence-electron chi connectivity index (χ1n) is 7.13. The van der Waals surface area contributed by atoms with Crippen molar-refractivity contribution in [3.05, 3.63) is 28.5 Å². The Balaban J connectivity index is 1.76. The number of rotatable bonds is 3. The van der Waals surface area contributed by atoms with E-state index in [4.69, 9.17) is 0 Å². The molecule has 0 amide bonds. The average Bonchev–Trinajstić information content (AvgIpc) is 2.36. The predicted octanol–water partition coefficient (Wildman–Crippen LogP) is 2.54. The number of sulfonamides is 1. The Morgan fingerprint density at radius 1 is 1.38 bits per heavy atom. The monoisotopic (exact) mass is 376 g/mol. The van der Waals surface area contributed by atoms with Crippen LogP contribution in [0.2, 0.25) is 0 Å². The van der Waals surface area contributed by atoms with E-state index in [9.17, 15) is 12.8 Å². The third kappa shape index (κ3) is 3.16. The van der Waals surface area contributed by atoms with Gasteiger partial charge < -0.3 is 5.32 Å². The fraction of sp³-hybridized carbons (Fsp3) is 0.571. The summed E-state index contributed by atoms with van der Waals surface area (Å²) in [7, 11) is -3.82. The molecular formula is C14H18BrFN2O2S. The molecular weight excluding hydrogens is 359 g/mol. The normalized spacial score (nSPS) is 24.8. The third-order valence-corrected chi connectivity index (χ3v) is 6.49. The number of hydrogen-bond donors (Lipinski definition) is 2. The predicted molar refractivity (Wildman–Crippen MR) is 82.0 cm³/mol. The summed E-state index contributed by atoms with van der Waals surface area (Å²) in [5.74, 6) is -0.732. The lowest BCUT2D eigenvalue weighted by Gasteiger charge is -2.48. The Kier molecular flexibility index (Phi) is 4.11. The average molecular weight is 377 g/mol. The van der Waals surface area contributed by atoms with Gasteiger partial charge >= 0.3 is 0 Å². The van der Waals surface area contributed by atoms with Crippen LogP contribution in [0.1, 0.15) is 32.1 Å². The quantitative estimate of drug-likeness (QED) is 0.851. The molecule has 3 rings (SSSR count). The molecule has 1 spiro atoms. The lowest BCUT2D eigenvalue weighted by atomic mass is 9.70. The van der Waals surface area contributed by atoms with Crippen molar-refractivity contribution in [2.24, 2.45) is 0 Å². The third-order valence-electron chi connectivity index (χ3n) is 4.45. The summed E-state index contributed by atoms with van der Waals surface area (Å²) in [6.07, 6.45) is 4.90. The van der Waals surface area contributed by atoms with Gasteiger partial charge in [-0.15, -0.1) is 0 Å². The lowest BCUT2D eigenvalue weighted by Crippen LogP contribution is -2.59. The molecule has 2 fully saturated rings. The number of nitrogens with one attached hydrogen (secondary N) is 2. The summed E-state index contributed by atoms with van der Waals surface area (Å²) in [6, 6.07) is 3.87. The van der Waals surface area contributed by atoms with Gasteiger partial charge in [0.1, 0.15) is 10.7 Å². The summed E-state index contributed by atoms with van der Waals surface area (Å²) < 4.78 is 41.8. The molecule has 2 aliphatic rings. The van der Waals surface area contributed by atoms with E-state index in [0.29, 0.717) is 4.47 Å². The van der Waals surface area contributed by atoms with Crippen molar-refractivity contribution >= 4 is 26.0 Å². The van der Waals surface area contributed by atoms with Gasteiger partial charge in [0.15, 0.2) is 0 Å². The van der Waals surface area contributed by atoms with Crippen LogP contribution in [-0.4, -0.2) is 26.5 Å². The second-order valence-electron chi connectivity index (χ2n) is 5.95. The highest BCUT2D eigenvalue weighted by Gasteiger charge is 2.41. The maximum atomic E-state index is 13.9. The van der Waals surface area contributed by atoms with E-state index in [0.717, 1.165) is 32.2 Å². The molecule has 1 aromatic rings. The number of hydrogen-bond acceptors (Lipinski definition) is 3. The van der Waals surface area contributed by atoms with Gasteiger partial charge in [-0.2, -0.15) is 0 Å². The molecule has 1 atom stereocenters. The van der Waals surface area contributed by atoms with E-state index in [-0.39, 0.29) is 16.5 Å². The van der Waals surface area contributed by atoms with Crippen LogP contribution in [0.3, 0.4) is 0 Å². The Hall–Kier alpha value is -0.500. The van der Waals surface area contributed by atoms with Crippen LogP contribution in [0.5, 0.6) is 0 Å². The van der Waals surface area contributed by atoms with Crippen LogP contribution in [0.4, 0.5) is 4.39 Å². The molecule has 21 heavy (non-hydrogen) atoms. The SMILES string of the molecule is O=S(=O)(NC1CCNC2(CCC2)C1)c1ccc(Br)cc1F. The number of piperidine rings is 1. The van der Waals surface area contributed by atoms with Crippen LogP contribution < -0.4 is 10.0 Å². The molecule has 1 aliphatic heterocycles. The summed E-state index contributed by atoms with van der Waals surface area (Å²) in [6.45, 7) is 0.802. The largest absolute Gasteiger partial charge is 0.311 e. The topological polar surface area (TPSA) is 58.2 Å². The standard InChI is InChI=1S/C14H18BrFN2O2S/c15-10-2-3-13(12(16)8-10)21(19,20)18-11-4-7-17-14(9-11)5-1-6-14/h2-3,8,11,17-18H,1,4-7,9H2. The molecule has 2 N–H and O–H groups in total. The van der Waals surface area contributed by atoms with E-state index >= 15 is 0 Å². The first-order chi connectivity index (χ1) is 9.90. The molecule has 7 heteroatoms. The molecule has 1 heterocycles. The fourth-order valence-corrected chi connectivity index (χ4v) is 4.88. The molecule has 116 valence electrons. The smallest absolute Gasteiger partial charge is 0.243 e. The molecule has 4 nitrogen and oxygen atoms in total. The van der Waals surface area contributed by atoms with Crippen LogP contribution in [0.15, 0.2) is 27.6 Å². The molecule has 0 bridgehead atoms. The van der Waals surface area contributed by atoms with Crippen molar-refractivity contribution in [2.45, 2.75) is 48.6 Å². The number of benzene rings is 1. The zero-order valence-electron chi connectivity index (χ0n) is 11.5. The first kappa shape index (κ1) is 15.4. The second kappa shape index (κ2) is 5.61. The van der Waals surface area contributed by atoms with Crippen molar-refractivity contribution in [1.29, 1.82) is 0 Å². The molecule has 1 aliphatic carbocycles. The Bertz CT molecular complexity index is 646. The van der Waals surface area contributed by atoms with Gasteiger partial charge in [-0.3, -0.25) is 0 Å². The minimum atomic E-state index is -3.82. The van der Waals surface area contributed by atoms with Crippen LogP contribution in [0, 0.1) is 5.82 Å². The zero-order chi connectivity index (χ0) is 15.1. The molecule has 0 aromatic heterocycles. The highest BCUT2D eigenvalue weighted by atomic mass is 79.9. The van der Waals surface area contributed by atoms with Crippen LogP contribution >= 0.6 is 15.9 Å². The van der Waals surface area contributed by atoms with Crippen molar-refractivity contribution in [3.63, 3.8) is 0 Å². The highest BCUT2D eigenvalue weighted by Crippen LogP contribution is 2.38. The van der Waals surface area contributed by atoms with Crippen molar-refractivity contribution in [3.8, 4) is 0 Å². The molecule has 1 unspecified atom stereocenters. The maximum Gasteiger partial charge on any atom is 0.243 e. The van der Waals surface area contributed by atoms with Gasteiger partial charge in [0.2, 0.25) is 10.0 Å². The first-order valence-corrected chi connectivity index (χ1v) is 9.40. The molecule has 0 radical (unpaired) electrons. The Morgan fingerprint density at radius 3 is 2.76 bits per heavy atom. The van der Waals surface area contributed by atoms with Crippen molar-refractivity contribution in [1.82, 2.24) is 10.0 Å². The summed E-state index contributed by atoms with van der Waals surface area (Å²) in [4.78, 5) is -0.285. The van der Waals surface area contributed by atoms with Gasteiger partial charge in [0, 0.05) is 16.1 Å². The van der Waals surface area contributed by atoms with Crippen molar-refractivity contribution < 1.29 is 12.8 Å². The number of halogens is 2. The van der Waals surface area contributed by atoms with Crippen LogP contribution in [-0.2, 0) is 10.0 Å². The summed E-state index contributed by atoms with van der Waals surface area (Å²) in [5, 5.41) is 3.49. The van der Waals surface area contributed by atoms with E-state index < -0.39 is 15.8 Å². The van der Waals surface area contributed by atoms with E-state index in [2.05, 4.69) is 26.0 Å². The van der Waals surface area contributed by atoms with E-state index in [1.54, 1.807) is 0 Å². The van der Waals surface area contributed by atoms with E-state index in [1.807, 2.05) is 0 Å². The fourth-order valence-electron chi connectivity index (χ4n) is 3.22. The van der Waals surface area contributed by atoms with Gasteiger partial charge in [-0.25, -0.2) is 17.5 Å². The van der Waals surface area contributed by atoms with Gasteiger partial charge in [0.05, 0.1) is 0 Å². The summed E-state index contributed by atoms with van der Waals surface area (Å²) >= 11 is 3.13. The van der Waals surface area contributed by atoms with Crippen LogP contribution in [0.25, 0.3) is 0 Å². The molecule has 1 saturated heterocycles. The minimum absolute atomic E-state index is 0.101. The lowest BCUT2D eigenvalue weighted by molar-refractivity contribution is 0.126. The summed E-state index contributed by atoms with van der Waals surface area (Å²) in [5.41, 5.74) is 0.101. The second-order valence-corrected chi connectivity index (χ2v) is 8.54.